The van der Waals surface area contributed by atoms with Gasteiger partial charge in [-0.1, -0.05) is 18.5 Å². The molecule has 1 N–H and O–H groups in total. The Balaban J connectivity index is 2.71. The van der Waals surface area contributed by atoms with Gasteiger partial charge in [0, 0.05) is 17.9 Å². The maximum atomic E-state index is 11.8. The van der Waals surface area contributed by atoms with E-state index in [4.69, 9.17) is 11.6 Å². The van der Waals surface area contributed by atoms with E-state index in [9.17, 15) is 14.9 Å². The van der Waals surface area contributed by atoms with Gasteiger partial charge in [-0.05, 0) is 12.7 Å². The summed E-state index contributed by atoms with van der Waals surface area (Å²) in [5.74, 6) is -0.450. The van der Waals surface area contributed by atoms with Gasteiger partial charge < -0.3 is 5.32 Å². The standard InChI is InChI=1S/C11H14ClN3O3S/c1-7(19-2)3-4-13-11(16)9-5-8(15(17)18)6-14-10(9)12/h5-7H,3-4H2,1-2H3,(H,13,16). The Kier molecular flexibility index (Phi) is 6.04. The van der Waals surface area contributed by atoms with E-state index in [1.807, 2.05) is 6.26 Å². The Morgan fingerprint density at radius 1 is 1.68 bits per heavy atom. The molecule has 19 heavy (non-hydrogen) atoms. The van der Waals surface area contributed by atoms with Gasteiger partial charge in [0.1, 0.15) is 11.3 Å². The van der Waals surface area contributed by atoms with E-state index in [-0.39, 0.29) is 16.4 Å². The second-order valence-electron chi connectivity index (χ2n) is 3.88. The van der Waals surface area contributed by atoms with Crippen LogP contribution >= 0.6 is 23.4 Å². The molecule has 1 unspecified atom stereocenters. The summed E-state index contributed by atoms with van der Waals surface area (Å²) in [7, 11) is 0. The van der Waals surface area contributed by atoms with Gasteiger partial charge in [0.15, 0.2) is 0 Å². The lowest BCUT2D eigenvalue weighted by molar-refractivity contribution is -0.385. The molecule has 0 radical (unpaired) electrons. The van der Waals surface area contributed by atoms with Gasteiger partial charge in [-0.15, -0.1) is 0 Å². The zero-order valence-corrected chi connectivity index (χ0v) is 12.1. The van der Waals surface area contributed by atoms with E-state index in [2.05, 4.69) is 17.2 Å². The Hall–Kier alpha value is -1.34. The summed E-state index contributed by atoms with van der Waals surface area (Å²) in [5, 5.41) is 13.7. The topological polar surface area (TPSA) is 85.1 Å². The highest BCUT2D eigenvalue weighted by atomic mass is 35.5. The molecule has 1 rings (SSSR count). The molecule has 8 heteroatoms. The van der Waals surface area contributed by atoms with E-state index >= 15 is 0 Å². The molecular weight excluding hydrogens is 290 g/mol. The van der Waals surface area contributed by atoms with Crippen LogP contribution in [0.15, 0.2) is 12.3 Å². The van der Waals surface area contributed by atoms with Gasteiger partial charge >= 0.3 is 0 Å². The third-order valence-electron chi connectivity index (χ3n) is 2.52. The highest BCUT2D eigenvalue weighted by Crippen LogP contribution is 2.19. The van der Waals surface area contributed by atoms with Crippen molar-refractivity contribution in [3.8, 4) is 0 Å². The minimum absolute atomic E-state index is 0.0210. The summed E-state index contributed by atoms with van der Waals surface area (Å²) in [6.07, 6.45) is 3.83. The number of hydrogen-bond acceptors (Lipinski definition) is 5. The highest BCUT2D eigenvalue weighted by molar-refractivity contribution is 7.99. The van der Waals surface area contributed by atoms with Crippen LogP contribution in [-0.2, 0) is 0 Å². The molecule has 6 nitrogen and oxygen atoms in total. The minimum Gasteiger partial charge on any atom is -0.352 e. The smallest absolute Gasteiger partial charge is 0.288 e. The van der Waals surface area contributed by atoms with Crippen LogP contribution in [0.3, 0.4) is 0 Å². The predicted octanol–water partition coefficient (Wildman–Crippen LogP) is 2.51. The van der Waals surface area contributed by atoms with Gasteiger partial charge in [-0.25, -0.2) is 4.98 Å². The molecule has 0 spiro atoms. The van der Waals surface area contributed by atoms with Crippen LogP contribution in [0, 0.1) is 10.1 Å². The Bertz CT molecular complexity index is 484. The monoisotopic (exact) mass is 303 g/mol. The quantitative estimate of drug-likeness (QED) is 0.496. The number of hydrogen-bond donors (Lipinski definition) is 1. The number of aromatic nitrogens is 1. The third-order valence-corrected chi connectivity index (χ3v) is 3.86. The van der Waals surface area contributed by atoms with Crippen LogP contribution in [0.4, 0.5) is 5.69 Å². The number of nitrogens with one attached hydrogen (secondary N) is 1. The SMILES string of the molecule is CSC(C)CCNC(=O)c1cc([N+](=O)[O-])cnc1Cl. The van der Waals surface area contributed by atoms with Gasteiger partial charge in [0.25, 0.3) is 11.6 Å². The number of nitrogens with zero attached hydrogens (tertiary/aromatic N) is 2. The number of pyridine rings is 1. The maximum Gasteiger partial charge on any atom is 0.288 e. The van der Waals surface area contributed by atoms with E-state index in [1.165, 1.54) is 0 Å². The Labute approximate surface area is 120 Å². The molecule has 1 aromatic heterocycles. The van der Waals surface area contributed by atoms with Crippen molar-refractivity contribution in [3.05, 3.63) is 33.1 Å². The Morgan fingerprint density at radius 2 is 2.37 bits per heavy atom. The van der Waals surface area contributed by atoms with Crippen LogP contribution in [0.5, 0.6) is 0 Å². The van der Waals surface area contributed by atoms with Crippen molar-refractivity contribution >= 4 is 35.0 Å². The molecule has 104 valence electrons. The first-order chi connectivity index (χ1) is 8.95. The number of carbonyl (C=O) groups excluding carboxylic acids is 1. The number of amides is 1. The second kappa shape index (κ2) is 7.30. The van der Waals surface area contributed by atoms with Crippen LogP contribution in [0.1, 0.15) is 23.7 Å². The van der Waals surface area contributed by atoms with Gasteiger partial charge in [-0.3, -0.25) is 14.9 Å². The summed E-state index contributed by atoms with van der Waals surface area (Å²) in [4.78, 5) is 25.5. The predicted molar refractivity (Wildman–Crippen MR) is 75.8 cm³/mol. The van der Waals surface area contributed by atoms with Crippen molar-refractivity contribution in [1.29, 1.82) is 0 Å². The molecule has 0 saturated carbocycles. The molecule has 0 aliphatic carbocycles. The number of halogens is 1. The number of rotatable bonds is 6. The lowest BCUT2D eigenvalue weighted by Crippen LogP contribution is -2.26. The molecule has 0 bridgehead atoms. The lowest BCUT2D eigenvalue weighted by Gasteiger charge is -2.09. The van der Waals surface area contributed by atoms with Crippen LogP contribution < -0.4 is 5.32 Å². The average Bonchev–Trinajstić information content (AvgIpc) is 2.38. The van der Waals surface area contributed by atoms with Crippen molar-refractivity contribution < 1.29 is 9.72 Å². The fourth-order valence-corrected chi connectivity index (χ4v) is 1.84. The molecule has 1 amide bonds. The molecule has 0 saturated heterocycles. The summed E-state index contributed by atoms with van der Waals surface area (Å²) in [6.45, 7) is 2.54. The molecule has 0 aliphatic rings. The molecule has 0 aliphatic heterocycles. The van der Waals surface area contributed by atoms with E-state index in [1.54, 1.807) is 11.8 Å². The van der Waals surface area contributed by atoms with Gasteiger partial charge in [0.2, 0.25) is 0 Å². The summed E-state index contributed by atoms with van der Waals surface area (Å²) < 4.78 is 0. The fraction of sp³-hybridized carbons (Fsp3) is 0.455. The zero-order chi connectivity index (χ0) is 14.4. The minimum atomic E-state index is -0.615. The Morgan fingerprint density at radius 3 is 2.95 bits per heavy atom. The summed E-state index contributed by atoms with van der Waals surface area (Å²) in [5.41, 5.74) is -0.236. The molecule has 0 fully saturated rings. The molecule has 1 aromatic rings. The van der Waals surface area contributed by atoms with Crippen molar-refractivity contribution in [3.63, 3.8) is 0 Å². The first-order valence-electron chi connectivity index (χ1n) is 5.56. The number of carbonyl (C=O) groups is 1. The molecule has 0 aromatic carbocycles. The van der Waals surface area contributed by atoms with E-state index in [0.717, 1.165) is 18.7 Å². The van der Waals surface area contributed by atoms with Crippen molar-refractivity contribution in [2.45, 2.75) is 18.6 Å². The second-order valence-corrected chi connectivity index (χ2v) is 5.51. The molecule has 1 atom stereocenters. The summed E-state index contributed by atoms with van der Waals surface area (Å²) >= 11 is 7.47. The van der Waals surface area contributed by atoms with Crippen molar-refractivity contribution in [2.24, 2.45) is 0 Å². The van der Waals surface area contributed by atoms with E-state index < -0.39 is 10.8 Å². The molecular formula is C11H14ClN3O3S. The zero-order valence-electron chi connectivity index (χ0n) is 10.6. The first kappa shape index (κ1) is 15.7. The van der Waals surface area contributed by atoms with Crippen LogP contribution in [0.2, 0.25) is 5.15 Å². The normalized spacial score (nSPS) is 11.9. The maximum absolute atomic E-state index is 11.8. The number of nitro groups is 1. The van der Waals surface area contributed by atoms with Gasteiger partial charge in [0.05, 0.1) is 10.5 Å². The fourth-order valence-electron chi connectivity index (χ4n) is 1.30. The summed E-state index contributed by atoms with van der Waals surface area (Å²) in [6, 6.07) is 1.13. The largest absolute Gasteiger partial charge is 0.352 e. The number of thioether (sulfide) groups is 1. The third kappa shape index (κ3) is 4.68. The van der Waals surface area contributed by atoms with Crippen LogP contribution in [0.25, 0.3) is 0 Å². The van der Waals surface area contributed by atoms with E-state index in [0.29, 0.717) is 11.8 Å². The lowest BCUT2D eigenvalue weighted by atomic mass is 10.2. The highest BCUT2D eigenvalue weighted by Gasteiger charge is 2.16. The van der Waals surface area contributed by atoms with Gasteiger partial charge in [-0.2, -0.15) is 11.8 Å². The first-order valence-corrected chi connectivity index (χ1v) is 7.23. The average molecular weight is 304 g/mol. The van der Waals surface area contributed by atoms with Crippen molar-refractivity contribution in [1.82, 2.24) is 10.3 Å². The van der Waals surface area contributed by atoms with Crippen LogP contribution in [-0.4, -0.2) is 33.9 Å². The molecule has 1 heterocycles. The van der Waals surface area contributed by atoms with Crippen molar-refractivity contribution in [2.75, 3.05) is 12.8 Å².